The van der Waals surface area contributed by atoms with E-state index in [1.165, 1.54) is 13.8 Å². The number of hydrogen-bond donors (Lipinski definition) is 15. The van der Waals surface area contributed by atoms with E-state index in [0.717, 1.165) is 32.9 Å². The first-order valence-corrected chi connectivity index (χ1v) is 21.1. The van der Waals surface area contributed by atoms with Crippen LogP contribution in [0.5, 0.6) is 0 Å². The molecule has 1 aromatic carbocycles. The number of nitrogens with two attached hydrogens (primary N) is 1. The molecule has 27 nitrogen and oxygen atoms in total. The molecule has 1 aromatic rings. The average molecular weight is 966 g/mol. The largest absolute Gasteiger partial charge is 0.399 e. The van der Waals surface area contributed by atoms with Crippen molar-refractivity contribution in [1.82, 2.24) is 53.2 Å². The van der Waals surface area contributed by atoms with Gasteiger partial charge in [-0.3, -0.25) is 57.3 Å². The molecule has 0 aliphatic carbocycles. The molecule has 0 unspecified atom stereocenters. The van der Waals surface area contributed by atoms with E-state index >= 15 is 0 Å². The molecule has 11 amide bonds. The highest BCUT2D eigenvalue weighted by atomic mass is 31.2. The Morgan fingerprint density at radius 3 is 1.50 bits per heavy atom. The quantitative estimate of drug-likeness (QED) is 0.0384. The van der Waals surface area contributed by atoms with Gasteiger partial charge in [0.05, 0.1) is 32.8 Å². The number of primary amides is 1. The number of rotatable bonds is 26. The summed E-state index contributed by atoms with van der Waals surface area (Å²) < 4.78 is 39.9. The van der Waals surface area contributed by atoms with Gasteiger partial charge in [-0.25, -0.2) is 0 Å². The molecule has 0 bridgehead atoms. The van der Waals surface area contributed by atoms with Gasteiger partial charge in [-0.05, 0) is 33.3 Å². The van der Waals surface area contributed by atoms with Gasteiger partial charge in [-0.1, -0.05) is 24.3 Å². The van der Waals surface area contributed by atoms with Crippen LogP contribution in [0.15, 0.2) is 24.3 Å². The lowest BCUT2D eigenvalue weighted by Crippen LogP contribution is -2.57. The van der Waals surface area contributed by atoms with Gasteiger partial charge in [0.15, 0.2) is 0 Å². The van der Waals surface area contributed by atoms with Gasteiger partial charge < -0.3 is 78.9 Å². The number of carbonyl (C=O) groups excluding carboxylic acids is 11. The molecule has 0 heterocycles. The SMILES string of the molecule is CC(=O)N[C@@H](C)C(=O)N[C@@H](CO)C(=O)NCC(=O)N[C@@H](C)C(=O)N[C@@H](Cc1ccc(C(F)(F)P(=O)(O)O)cc1)C(=O)N[C@@H](C)C(=O)NCC(=O)NCC(=O)N[C@@H](CO)C(=O)N[C@@H](C)C(N)=O. The van der Waals surface area contributed by atoms with Crippen LogP contribution in [0.25, 0.3) is 0 Å². The minimum absolute atomic E-state index is 0.0427. The monoisotopic (exact) mass is 965 g/mol. The molecule has 7 atom stereocenters. The highest BCUT2D eigenvalue weighted by molar-refractivity contribution is 7.52. The molecule has 0 saturated heterocycles. The van der Waals surface area contributed by atoms with Crippen molar-refractivity contribution >= 4 is 72.6 Å². The first-order valence-electron chi connectivity index (χ1n) is 19.5. The summed E-state index contributed by atoms with van der Waals surface area (Å²) >= 11 is 0. The third-order valence-electron chi connectivity index (χ3n) is 8.80. The van der Waals surface area contributed by atoms with Gasteiger partial charge in [0.25, 0.3) is 0 Å². The number of aliphatic hydroxyl groups excluding tert-OH is 2. The van der Waals surface area contributed by atoms with E-state index in [-0.39, 0.29) is 5.56 Å². The van der Waals surface area contributed by atoms with Gasteiger partial charge in [0.2, 0.25) is 65.0 Å². The second kappa shape index (κ2) is 26.3. The molecule has 0 fully saturated rings. The Hall–Kier alpha value is -6.68. The van der Waals surface area contributed by atoms with Crippen LogP contribution in [0, 0.1) is 0 Å². The molecule has 368 valence electrons. The van der Waals surface area contributed by atoms with Crippen molar-refractivity contribution in [3.05, 3.63) is 35.4 Å². The lowest BCUT2D eigenvalue weighted by molar-refractivity contribution is -0.134. The van der Waals surface area contributed by atoms with E-state index in [0.29, 0.717) is 12.1 Å². The Labute approximate surface area is 374 Å². The van der Waals surface area contributed by atoms with Crippen molar-refractivity contribution in [2.45, 2.75) is 89.0 Å². The number of carbonyl (C=O) groups is 11. The third-order valence-corrected chi connectivity index (χ3v) is 9.79. The fourth-order valence-electron chi connectivity index (χ4n) is 5.03. The van der Waals surface area contributed by atoms with Gasteiger partial charge in [0.1, 0.15) is 42.3 Å². The van der Waals surface area contributed by atoms with Crippen LogP contribution in [0.1, 0.15) is 45.7 Å². The fourth-order valence-corrected chi connectivity index (χ4v) is 5.51. The maximum atomic E-state index is 14.3. The first kappa shape index (κ1) is 57.3. The number of amides is 11. The fraction of sp³-hybridized carbons (Fsp3) is 0.528. The summed E-state index contributed by atoms with van der Waals surface area (Å²) in [5.74, 6) is -10.2. The second-order valence-corrected chi connectivity index (χ2v) is 16.0. The highest BCUT2D eigenvalue weighted by Gasteiger charge is 2.50. The molecule has 0 aliphatic heterocycles. The van der Waals surface area contributed by atoms with E-state index in [4.69, 9.17) is 15.5 Å². The van der Waals surface area contributed by atoms with Crippen molar-refractivity contribution in [3.63, 3.8) is 0 Å². The summed E-state index contributed by atoms with van der Waals surface area (Å²) in [6.45, 7) is 1.94. The summed E-state index contributed by atoms with van der Waals surface area (Å²) in [6, 6.07) is -6.57. The number of benzene rings is 1. The van der Waals surface area contributed by atoms with Crippen molar-refractivity contribution in [2.75, 3.05) is 32.8 Å². The molecule has 0 saturated carbocycles. The van der Waals surface area contributed by atoms with E-state index in [2.05, 4.69) is 53.2 Å². The van der Waals surface area contributed by atoms with Crippen LogP contribution in [-0.2, 0) is 69.4 Å². The lowest BCUT2D eigenvalue weighted by Gasteiger charge is -2.24. The molecular formula is C36H54F2N11O16P. The molecule has 0 aromatic heterocycles. The Morgan fingerprint density at radius 1 is 0.561 bits per heavy atom. The van der Waals surface area contributed by atoms with E-state index < -0.39 is 165 Å². The van der Waals surface area contributed by atoms with E-state index in [1.54, 1.807) is 0 Å². The molecule has 0 aliphatic rings. The van der Waals surface area contributed by atoms with Gasteiger partial charge in [0, 0.05) is 18.9 Å². The van der Waals surface area contributed by atoms with Crippen LogP contribution in [0.2, 0.25) is 0 Å². The second-order valence-electron chi connectivity index (χ2n) is 14.4. The summed E-state index contributed by atoms with van der Waals surface area (Å²) in [7, 11) is -5.95. The van der Waals surface area contributed by atoms with E-state index in [1.807, 2.05) is 0 Å². The smallest absolute Gasteiger partial charge is 0.394 e. The molecule has 0 spiro atoms. The Morgan fingerprint density at radius 2 is 0.985 bits per heavy atom. The zero-order chi connectivity index (χ0) is 50.7. The van der Waals surface area contributed by atoms with Gasteiger partial charge >= 0.3 is 13.3 Å². The molecule has 0 radical (unpaired) electrons. The van der Waals surface area contributed by atoms with Crippen LogP contribution in [0.4, 0.5) is 8.78 Å². The minimum Gasteiger partial charge on any atom is -0.394 e. The summed E-state index contributed by atoms with van der Waals surface area (Å²) in [5, 5.41) is 40.9. The van der Waals surface area contributed by atoms with E-state index in [9.17, 15) is 76.3 Å². The van der Waals surface area contributed by atoms with Crippen molar-refractivity contribution in [2.24, 2.45) is 5.73 Å². The standard InChI is InChI=1S/C36H54F2N11O16P/c1-16(29(39)56)45-35(62)25(15-51)47-28(55)12-40-26(53)11-41-30(57)17(2)46-34(61)23(10-21-6-8-22(9-7-21)36(37,38)66(63,64)65)48-32(59)19(4)44-27(54)13-42-33(60)24(14-50)49-31(58)18(3)43-20(5)52/h6-9,16-19,23-25,50-51H,10-15H2,1-5H3,(H2,39,56)(H,40,53)(H,41,57)(H,42,60)(H,43,52)(H,44,54)(H,45,62)(H,46,61)(H,47,55)(H,48,59)(H,49,58)(H2,63,64,65)/t16-,17-,18-,19-,23-,24-,25-/m0/s1. The van der Waals surface area contributed by atoms with Crippen LogP contribution < -0.4 is 58.9 Å². The molecule has 16 N–H and O–H groups in total. The zero-order valence-corrected chi connectivity index (χ0v) is 37.0. The van der Waals surface area contributed by atoms with Crippen molar-refractivity contribution < 1.29 is 86.1 Å². The van der Waals surface area contributed by atoms with Crippen LogP contribution >= 0.6 is 7.60 Å². The lowest BCUT2D eigenvalue weighted by atomic mass is 10.0. The normalized spacial score (nSPS) is 14.4. The Balaban J connectivity index is 3.01. The number of nitrogens with one attached hydrogen (secondary N) is 10. The predicted octanol–water partition coefficient (Wildman–Crippen LogP) is -7.23. The topological polar surface area (TPSA) is 432 Å². The number of alkyl halides is 2. The van der Waals surface area contributed by atoms with Crippen molar-refractivity contribution in [3.8, 4) is 0 Å². The maximum Gasteiger partial charge on any atom is 0.399 e. The number of halogens is 2. The van der Waals surface area contributed by atoms with Gasteiger partial charge in [-0.15, -0.1) is 0 Å². The minimum atomic E-state index is -5.95. The summed E-state index contributed by atoms with van der Waals surface area (Å²) in [6.07, 6.45) is -0.507. The van der Waals surface area contributed by atoms with Crippen LogP contribution in [-0.4, -0.2) is 160 Å². The molecule has 30 heteroatoms. The summed E-state index contributed by atoms with van der Waals surface area (Å²) in [5.41, 5.74) is -0.560. The maximum absolute atomic E-state index is 14.3. The highest BCUT2D eigenvalue weighted by Crippen LogP contribution is 2.59. The third kappa shape index (κ3) is 19.2. The predicted molar refractivity (Wildman–Crippen MR) is 220 cm³/mol. The van der Waals surface area contributed by atoms with Gasteiger partial charge in [-0.2, -0.15) is 8.78 Å². The first-order chi connectivity index (χ1) is 30.5. The zero-order valence-electron chi connectivity index (χ0n) is 36.1. The van der Waals surface area contributed by atoms with Crippen molar-refractivity contribution in [1.29, 1.82) is 0 Å². The Kier molecular flexibility index (Phi) is 22.9. The average Bonchev–Trinajstić information content (AvgIpc) is 3.23. The molecule has 1 rings (SSSR count). The summed E-state index contributed by atoms with van der Waals surface area (Å²) in [4.78, 5) is 154. The van der Waals surface area contributed by atoms with Crippen LogP contribution in [0.3, 0.4) is 0 Å². The molecular weight excluding hydrogens is 911 g/mol. The number of hydrogen-bond acceptors (Lipinski definition) is 14. The Bertz CT molecular complexity index is 2020. The number of aliphatic hydroxyl groups is 2. The molecule has 66 heavy (non-hydrogen) atoms.